The van der Waals surface area contributed by atoms with Crippen molar-refractivity contribution >= 4 is 37.0 Å². The number of unbranched alkanes of at least 4 members (excludes halogenated alkanes) is 1. The number of sulfone groups is 2. The summed E-state index contributed by atoms with van der Waals surface area (Å²) in [6.45, 7) is 7.17. The Hall–Kier alpha value is -2.45. The van der Waals surface area contributed by atoms with Crippen molar-refractivity contribution < 1.29 is 47.7 Å². The molecule has 0 fully saturated rings. The van der Waals surface area contributed by atoms with Gasteiger partial charge in [0.15, 0.2) is 0 Å². The maximum atomic E-state index is 13.0. The van der Waals surface area contributed by atoms with Crippen molar-refractivity contribution in [2.75, 3.05) is 27.2 Å². The Labute approximate surface area is 218 Å². The first-order valence-corrected chi connectivity index (χ1v) is 14.5. The molecule has 38 heavy (non-hydrogen) atoms. The van der Waals surface area contributed by atoms with Gasteiger partial charge in [-0.3, -0.25) is 5.41 Å². The molecule has 0 aliphatic heterocycles. The van der Waals surface area contributed by atoms with Crippen LogP contribution < -0.4 is 0 Å². The maximum absolute atomic E-state index is 13.0. The SMILES string of the molecule is CCCC[N+](C)(C)CCC.N=C1C2=Cc3ccccc3C2=CC(S(=O)(=O)C(F)(F)F)=C1S(=O)(=O)C(F)(F)F. The van der Waals surface area contributed by atoms with Crippen LogP contribution >= 0.6 is 0 Å². The summed E-state index contributed by atoms with van der Waals surface area (Å²) < 4.78 is 127. The first-order valence-electron chi connectivity index (χ1n) is 11.5. The average molecular weight is 588 g/mol. The highest BCUT2D eigenvalue weighted by Crippen LogP contribution is 2.47. The number of hydrogen-bond acceptors (Lipinski definition) is 5. The van der Waals surface area contributed by atoms with Gasteiger partial charge in [0.2, 0.25) is 0 Å². The van der Waals surface area contributed by atoms with E-state index in [1.165, 1.54) is 61.1 Å². The number of nitrogens with zero attached hydrogens (tertiary/aromatic N) is 1. The van der Waals surface area contributed by atoms with Gasteiger partial charge >= 0.3 is 11.0 Å². The largest absolute Gasteiger partial charge is 0.502 e. The molecule has 0 bridgehead atoms. The molecule has 0 saturated heterocycles. The van der Waals surface area contributed by atoms with E-state index in [1.54, 1.807) is 0 Å². The summed E-state index contributed by atoms with van der Waals surface area (Å²) in [6, 6.07) is 5.69. The summed E-state index contributed by atoms with van der Waals surface area (Å²) in [5.74, 6) is 0. The summed E-state index contributed by atoms with van der Waals surface area (Å²) in [7, 11) is -8.45. The fourth-order valence-electron chi connectivity index (χ4n) is 4.06. The Kier molecular flexibility index (Phi) is 9.17. The molecule has 14 heteroatoms. The summed E-state index contributed by atoms with van der Waals surface area (Å²) in [6.07, 6.45) is 5.32. The van der Waals surface area contributed by atoms with E-state index in [2.05, 4.69) is 27.9 Å². The first-order chi connectivity index (χ1) is 17.2. The van der Waals surface area contributed by atoms with Gasteiger partial charge in [0.1, 0.15) is 4.91 Å². The highest BCUT2D eigenvalue weighted by atomic mass is 32.2. The predicted octanol–water partition coefficient (Wildman–Crippen LogP) is 5.85. The molecule has 0 saturated carbocycles. The molecule has 6 nitrogen and oxygen atoms in total. The van der Waals surface area contributed by atoms with Gasteiger partial charge in [-0.25, -0.2) is 16.8 Å². The summed E-state index contributed by atoms with van der Waals surface area (Å²) in [4.78, 5) is -4.38. The number of nitrogens with one attached hydrogen (secondary N) is 1. The molecule has 0 atom stereocenters. The van der Waals surface area contributed by atoms with Crippen molar-refractivity contribution in [2.45, 2.75) is 44.1 Å². The van der Waals surface area contributed by atoms with Crippen molar-refractivity contribution in [2.24, 2.45) is 0 Å². The van der Waals surface area contributed by atoms with Crippen LogP contribution in [0, 0.1) is 5.41 Å². The topological polar surface area (TPSA) is 92.1 Å². The lowest BCUT2D eigenvalue weighted by Crippen LogP contribution is -2.40. The molecular formula is C24H29F6N2O4S2+. The third-order valence-electron chi connectivity index (χ3n) is 5.95. The number of fused-ring (bicyclic) bond motifs is 3. The quantitative estimate of drug-likeness (QED) is 0.320. The molecule has 212 valence electrons. The fraction of sp³-hybridized carbons (Fsp3) is 0.458. The van der Waals surface area contributed by atoms with Gasteiger partial charge in [-0.2, -0.15) is 26.3 Å². The molecule has 0 unspecified atom stereocenters. The van der Waals surface area contributed by atoms with Crippen LogP contribution in [0.15, 0.2) is 45.7 Å². The summed E-state index contributed by atoms with van der Waals surface area (Å²) >= 11 is 0. The van der Waals surface area contributed by atoms with Crippen LogP contribution in [0.2, 0.25) is 0 Å². The van der Waals surface area contributed by atoms with E-state index in [0.717, 1.165) is 6.08 Å². The van der Waals surface area contributed by atoms with Crippen LogP contribution in [-0.2, 0) is 19.7 Å². The molecule has 2 aliphatic carbocycles. The average Bonchev–Trinajstić information content (AvgIpc) is 3.15. The number of hydrogen-bond donors (Lipinski definition) is 1. The standard InChI is InChI=1S/C15H7F6NO4S2.C9H22N/c16-14(17,18)27(23,24)11-6-9-8-4-2-1-3-7(8)5-10(9)12(22)13(11)28(25,26)15(19,20)21;1-5-7-9-10(3,4)8-6-2/h1-6,22H;5-9H2,1-4H3/q;+1. The number of alkyl halides is 6. The van der Waals surface area contributed by atoms with Gasteiger partial charge in [-0.15, -0.1) is 0 Å². The minimum Gasteiger partial charge on any atom is -0.328 e. The molecule has 1 N–H and O–H groups in total. The van der Waals surface area contributed by atoms with E-state index in [-0.39, 0.29) is 22.8 Å². The molecule has 1 aromatic rings. The third kappa shape index (κ3) is 6.23. The van der Waals surface area contributed by atoms with Crippen LogP contribution in [0.3, 0.4) is 0 Å². The van der Waals surface area contributed by atoms with Gasteiger partial charge in [-0.1, -0.05) is 44.5 Å². The number of benzene rings is 1. The van der Waals surface area contributed by atoms with Crippen molar-refractivity contribution in [1.29, 1.82) is 5.41 Å². The monoisotopic (exact) mass is 587 g/mol. The van der Waals surface area contributed by atoms with Crippen molar-refractivity contribution in [1.82, 2.24) is 0 Å². The van der Waals surface area contributed by atoms with Gasteiger partial charge in [-0.05, 0) is 41.7 Å². The second-order valence-corrected chi connectivity index (χ2v) is 13.2. The van der Waals surface area contributed by atoms with Gasteiger partial charge < -0.3 is 4.48 Å². The predicted molar refractivity (Wildman–Crippen MR) is 134 cm³/mol. The van der Waals surface area contributed by atoms with Crippen LogP contribution in [0.4, 0.5) is 26.3 Å². The molecular weight excluding hydrogens is 558 g/mol. The zero-order valence-electron chi connectivity index (χ0n) is 21.2. The highest BCUT2D eigenvalue weighted by molar-refractivity contribution is 8.00. The molecule has 0 spiro atoms. The van der Waals surface area contributed by atoms with E-state index in [4.69, 9.17) is 5.41 Å². The molecule has 0 radical (unpaired) electrons. The second kappa shape index (κ2) is 11.0. The lowest BCUT2D eigenvalue weighted by Gasteiger charge is -2.29. The first kappa shape index (κ1) is 31.8. The lowest BCUT2D eigenvalue weighted by molar-refractivity contribution is -0.890. The van der Waals surface area contributed by atoms with E-state index in [1.807, 2.05) is 0 Å². The Balaban J connectivity index is 0.000000432. The van der Waals surface area contributed by atoms with Crippen molar-refractivity contribution in [3.63, 3.8) is 0 Å². The van der Waals surface area contributed by atoms with Crippen molar-refractivity contribution in [3.05, 3.63) is 56.9 Å². The van der Waals surface area contributed by atoms with Crippen LogP contribution in [0.1, 0.15) is 44.2 Å². The Morgan fingerprint density at radius 3 is 1.84 bits per heavy atom. The minimum absolute atomic E-state index is 0.153. The van der Waals surface area contributed by atoms with Crippen LogP contribution in [0.25, 0.3) is 11.6 Å². The van der Waals surface area contributed by atoms with E-state index >= 15 is 0 Å². The number of halogens is 6. The Morgan fingerprint density at radius 2 is 1.34 bits per heavy atom. The van der Waals surface area contributed by atoms with Crippen LogP contribution in [-0.4, -0.2) is 65.2 Å². The highest BCUT2D eigenvalue weighted by Gasteiger charge is 2.57. The smallest absolute Gasteiger partial charge is 0.328 e. The van der Waals surface area contributed by atoms with E-state index in [9.17, 15) is 43.2 Å². The number of rotatable bonds is 7. The summed E-state index contributed by atoms with van der Waals surface area (Å²) in [5.41, 5.74) is -13.9. The summed E-state index contributed by atoms with van der Waals surface area (Å²) in [5, 5.41) is 7.82. The molecule has 0 heterocycles. The molecule has 1 aromatic carbocycles. The van der Waals surface area contributed by atoms with Crippen molar-refractivity contribution in [3.8, 4) is 0 Å². The normalized spacial score (nSPS) is 16.3. The molecule has 0 aromatic heterocycles. The van der Waals surface area contributed by atoms with E-state index in [0.29, 0.717) is 0 Å². The van der Waals surface area contributed by atoms with Crippen LogP contribution in [0.5, 0.6) is 0 Å². The number of allylic oxidation sites excluding steroid dienone is 4. The van der Waals surface area contributed by atoms with E-state index < -0.39 is 51.8 Å². The number of quaternary nitrogens is 1. The minimum atomic E-state index is -6.58. The third-order valence-corrected chi connectivity index (χ3v) is 9.16. The molecule has 0 amide bonds. The fourth-order valence-corrected chi connectivity index (χ4v) is 6.52. The zero-order chi connectivity index (χ0) is 29.3. The second-order valence-electron chi connectivity index (χ2n) is 9.41. The zero-order valence-corrected chi connectivity index (χ0v) is 22.8. The lowest BCUT2D eigenvalue weighted by atomic mass is 9.95. The Morgan fingerprint density at radius 1 is 0.789 bits per heavy atom. The van der Waals surface area contributed by atoms with Gasteiger partial charge in [0.05, 0.1) is 37.8 Å². The van der Waals surface area contributed by atoms with Gasteiger partial charge in [0.25, 0.3) is 19.7 Å². The maximum Gasteiger partial charge on any atom is 0.502 e. The molecule has 3 rings (SSSR count). The molecule has 2 aliphatic rings. The van der Waals surface area contributed by atoms with Gasteiger partial charge in [0, 0.05) is 5.57 Å². The Bertz CT molecular complexity index is 1400.